The van der Waals surface area contributed by atoms with Crippen LogP contribution >= 0.6 is 0 Å². The molecule has 2 aliphatic rings. The molecule has 0 atom stereocenters. The van der Waals surface area contributed by atoms with E-state index < -0.39 is 0 Å². The third-order valence-corrected chi connectivity index (χ3v) is 4.06. The van der Waals surface area contributed by atoms with E-state index in [1.54, 1.807) is 12.1 Å². The second-order valence-electron chi connectivity index (χ2n) is 5.54. The molecule has 2 aliphatic heterocycles. The number of hydrazone groups is 1. The van der Waals surface area contributed by atoms with Gasteiger partial charge in [-0.1, -0.05) is 0 Å². The fraction of sp³-hybridized carbons (Fsp3) is 0.500. The van der Waals surface area contributed by atoms with Crippen molar-refractivity contribution in [2.75, 3.05) is 26.9 Å². The highest BCUT2D eigenvalue weighted by atomic mass is 16.5. The molecular weight excluding hydrogens is 266 g/mol. The van der Waals surface area contributed by atoms with Crippen molar-refractivity contribution in [1.82, 2.24) is 9.91 Å². The Bertz CT molecular complexity index is 533. The Labute approximate surface area is 125 Å². The highest BCUT2D eigenvalue weighted by Crippen LogP contribution is 2.19. The van der Waals surface area contributed by atoms with E-state index in [-0.39, 0.29) is 5.91 Å². The lowest BCUT2D eigenvalue weighted by molar-refractivity contribution is -0.133. The van der Waals surface area contributed by atoms with Gasteiger partial charge < -0.3 is 4.74 Å². The van der Waals surface area contributed by atoms with E-state index in [2.05, 4.69) is 10.0 Å². The van der Waals surface area contributed by atoms with Gasteiger partial charge in [-0.2, -0.15) is 5.10 Å². The minimum atomic E-state index is 0.124. The first kappa shape index (κ1) is 14.1. The average Bonchev–Trinajstić information content (AvgIpc) is 3.03. The van der Waals surface area contributed by atoms with Crippen molar-refractivity contribution >= 4 is 11.6 Å². The summed E-state index contributed by atoms with van der Waals surface area (Å²) >= 11 is 0. The molecule has 5 nitrogen and oxygen atoms in total. The molecule has 0 spiro atoms. The molecule has 0 N–H and O–H groups in total. The lowest BCUT2D eigenvalue weighted by Crippen LogP contribution is -2.40. The number of carbonyl (C=O) groups is 1. The van der Waals surface area contributed by atoms with Crippen molar-refractivity contribution in [3.8, 4) is 5.75 Å². The van der Waals surface area contributed by atoms with Crippen LogP contribution in [0.15, 0.2) is 29.4 Å². The predicted octanol–water partition coefficient (Wildman–Crippen LogP) is 2.08. The van der Waals surface area contributed by atoms with Crippen LogP contribution in [0.4, 0.5) is 0 Å². The molecule has 21 heavy (non-hydrogen) atoms. The number of nitrogens with zero attached hydrogens (tertiary/aromatic N) is 3. The number of amides is 1. The maximum atomic E-state index is 12.0. The summed E-state index contributed by atoms with van der Waals surface area (Å²) in [5, 5.41) is 6.20. The monoisotopic (exact) mass is 287 g/mol. The number of carbonyl (C=O) groups excluding carboxylic acids is 1. The van der Waals surface area contributed by atoms with E-state index in [1.165, 1.54) is 12.8 Å². The van der Waals surface area contributed by atoms with Crippen LogP contribution in [0.3, 0.4) is 0 Å². The van der Waals surface area contributed by atoms with Gasteiger partial charge in [-0.15, -0.1) is 0 Å². The molecule has 1 amide bonds. The highest BCUT2D eigenvalue weighted by Gasteiger charge is 2.24. The summed E-state index contributed by atoms with van der Waals surface area (Å²) in [7, 11) is 1.66. The fourth-order valence-corrected chi connectivity index (χ4v) is 2.82. The third kappa shape index (κ3) is 3.24. The molecule has 1 saturated heterocycles. The van der Waals surface area contributed by atoms with Gasteiger partial charge in [0.25, 0.3) is 0 Å². The molecule has 0 unspecified atom stereocenters. The van der Waals surface area contributed by atoms with Crippen molar-refractivity contribution in [1.29, 1.82) is 0 Å². The maximum absolute atomic E-state index is 12.0. The summed E-state index contributed by atoms with van der Waals surface area (Å²) in [6, 6.07) is 7.86. The van der Waals surface area contributed by atoms with Crippen LogP contribution in [0.2, 0.25) is 0 Å². The lowest BCUT2D eigenvalue weighted by atomic mass is 10.0. The smallest absolute Gasteiger partial charge is 0.244 e. The fourth-order valence-electron chi connectivity index (χ4n) is 2.82. The normalized spacial score (nSPS) is 19.8. The van der Waals surface area contributed by atoms with E-state index in [0.717, 1.165) is 30.1 Å². The Kier molecular flexibility index (Phi) is 4.20. The molecule has 2 heterocycles. The SMILES string of the molecule is COc1ccc(C2=NN(CN3CCCC3)C(=O)CC2)cc1. The standard InChI is InChI=1S/C16H21N3O2/c1-21-14-6-4-13(5-7-14)15-8-9-16(20)19(17-15)12-18-10-2-3-11-18/h4-7H,2-3,8-12H2,1H3. The topological polar surface area (TPSA) is 45.1 Å². The number of rotatable bonds is 4. The first-order valence-electron chi connectivity index (χ1n) is 7.51. The van der Waals surface area contributed by atoms with Crippen LogP contribution in [0.25, 0.3) is 0 Å². The zero-order chi connectivity index (χ0) is 14.7. The number of methoxy groups -OCH3 is 1. The second kappa shape index (κ2) is 6.26. The van der Waals surface area contributed by atoms with Gasteiger partial charge in [0, 0.05) is 12.8 Å². The van der Waals surface area contributed by atoms with Crippen molar-refractivity contribution in [2.45, 2.75) is 25.7 Å². The summed E-state index contributed by atoms with van der Waals surface area (Å²) in [5.74, 6) is 0.958. The van der Waals surface area contributed by atoms with Gasteiger partial charge in [0.15, 0.2) is 0 Å². The largest absolute Gasteiger partial charge is 0.497 e. The molecule has 1 fully saturated rings. The van der Waals surface area contributed by atoms with Gasteiger partial charge in [0.2, 0.25) is 5.91 Å². The van der Waals surface area contributed by atoms with Crippen LogP contribution in [0, 0.1) is 0 Å². The summed E-state index contributed by atoms with van der Waals surface area (Å²) in [4.78, 5) is 14.3. The van der Waals surface area contributed by atoms with Gasteiger partial charge in [-0.3, -0.25) is 9.69 Å². The van der Waals surface area contributed by atoms with Crippen molar-refractivity contribution in [3.63, 3.8) is 0 Å². The number of likely N-dealkylation sites (tertiary alicyclic amines) is 1. The van der Waals surface area contributed by atoms with E-state index >= 15 is 0 Å². The first-order chi connectivity index (χ1) is 10.3. The van der Waals surface area contributed by atoms with Crippen LogP contribution in [0.5, 0.6) is 5.75 Å². The summed E-state index contributed by atoms with van der Waals surface area (Å²) in [6.07, 6.45) is 3.69. The van der Waals surface area contributed by atoms with Crippen molar-refractivity contribution in [2.24, 2.45) is 5.10 Å². The first-order valence-corrected chi connectivity index (χ1v) is 7.51. The van der Waals surface area contributed by atoms with Gasteiger partial charge >= 0.3 is 0 Å². The molecule has 3 rings (SSSR count). The zero-order valence-corrected chi connectivity index (χ0v) is 12.4. The molecule has 5 heteroatoms. The highest BCUT2D eigenvalue weighted by molar-refractivity contribution is 6.04. The molecule has 112 valence electrons. The van der Waals surface area contributed by atoms with Crippen LogP contribution < -0.4 is 4.74 Å². The number of hydrogen-bond donors (Lipinski definition) is 0. The molecule has 0 bridgehead atoms. The van der Waals surface area contributed by atoms with Crippen molar-refractivity contribution in [3.05, 3.63) is 29.8 Å². The average molecular weight is 287 g/mol. The van der Waals surface area contributed by atoms with Crippen LogP contribution in [-0.4, -0.2) is 48.4 Å². The molecule has 1 aromatic rings. The second-order valence-corrected chi connectivity index (χ2v) is 5.54. The van der Waals surface area contributed by atoms with Gasteiger partial charge in [-0.05, 0) is 55.8 Å². The Hall–Kier alpha value is -1.88. The Morgan fingerprint density at radius 3 is 2.52 bits per heavy atom. The molecule has 0 aliphatic carbocycles. The molecule has 1 aromatic carbocycles. The minimum Gasteiger partial charge on any atom is -0.497 e. The number of hydrogen-bond acceptors (Lipinski definition) is 4. The predicted molar refractivity (Wildman–Crippen MR) is 81.3 cm³/mol. The quantitative estimate of drug-likeness (QED) is 0.851. The van der Waals surface area contributed by atoms with Crippen LogP contribution in [0.1, 0.15) is 31.2 Å². The summed E-state index contributed by atoms with van der Waals surface area (Å²) in [5.41, 5.74) is 2.05. The Balaban J connectivity index is 1.75. The molecule has 0 aromatic heterocycles. The minimum absolute atomic E-state index is 0.124. The Morgan fingerprint density at radius 1 is 1.14 bits per heavy atom. The molecular formula is C16H21N3O2. The van der Waals surface area contributed by atoms with E-state index in [4.69, 9.17) is 4.74 Å². The summed E-state index contributed by atoms with van der Waals surface area (Å²) in [6.45, 7) is 2.76. The third-order valence-electron chi connectivity index (χ3n) is 4.06. The van der Waals surface area contributed by atoms with E-state index in [1.807, 2.05) is 24.3 Å². The zero-order valence-electron chi connectivity index (χ0n) is 12.4. The number of benzene rings is 1. The van der Waals surface area contributed by atoms with E-state index in [0.29, 0.717) is 19.5 Å². The molecule has 0 saturated carbocycles. The molecule has 0 radical (unpaired) electrons. The van der Waals surface area contributed by atoms with Gasteiger partial charge in [0.1, 0.15) is 5.75 Å². The Morgan fingerprint density at radius 2 is 1.86 bits per heavy atom. The van der Waals surface area contributed by atoms with Gasteiger partial charge in [-0.25, -0.2) is 5.01 Å². The summed E-state index contributed by atoms with van der Waals surface area (Å²) < 4.78 is 5.17. The lowest BCUT2D eigenvalue weighted by Gasteiger charge is -2.27. The van der Waals surface area contributed by atoms with E-state index in [9.17, 15) is 4.79 Å². The number of ether oxygens (including phenoxy) is 1. The van der Waals surface area contributed by atoms with Crippen molar-refractivity contribution < 1.29 is 9.53 Å². The van der Waals surface area contributed by atoms with Crippen LogP contribution in [-0.2, 0) is 4.79 Å². The maximum Gasteiger partial charge on any atom is 0.244 e. The van der Waals surface area contributed by atoms with Gasteiger partial charge in [0.05, 0.1) is 19.5 Å².